The number of rotatable bonds is 7. The molecule has 3 heterocycles. The summed E-state index contributed by atoms with van der Waals surface area (Å²) in [4.78, 5) is 27.7. The smallest absolute Gasteiger partial charge is 0.270 e. The zero-order chi connectivity index (χ0) is 25.3. The predicted octanol–water partition coefficient (Wildman–Crippen LogP) is 4.19. The van der Waals surface area contributed by atoms with Crippen LogP contribution in [0.3, 0.4) is 0 Å². The standard InChI is InChI=1S/C25H27N7O3S/c1-31(2)24(33)21-15-17-16-27-25(29-23(17)32(21)19-7-3-4-8-19)28-18-10-12-20(13-11-18)36(34,35)30-22-9-5-6-14-26-22/h5-6,9-16,19H,3-4,7-8H2,1-2H3,(H,26,30)(H,27,28,29). The van der Waals surface area contributed by atoms with Gasteiger partial charge in [-0.3, -0.25) is 9.52 Å². The van der Waals surface area contributed by atoms with Crippen molar-refractivity contribution in [2.45, 2.75) is 36.6 Å². The molecule has 0 spiro atoms. The normalized spacial score (nSPS) is 14.2. The topological polar surface area (TPSA) is 122 Å². The Balaban J connectivity index is 1.41. The van der Waals surface area contributed by atoms with Crippen LogP contribution < -0.4 is 10.0 Å². The zero-order valence-electron chi connectivity index (χ0n) is 20.0. The van der Waals surface area contributed by atoms with Crippen molar-refractivity contribution >= 4 is 44.4 Å². The summed E-state index contributed by atoms with van der Waals surface area (Å²) in [5, 5.41) is 3.95. The van der Waals surface area contributed by atoms with Gasteiger partial charge in [-0.1, -0.05) is 18.9 Å². The largest absolute Gasteiger partial charge is 0.343 e. The zero-order valence-corrected chi connectivity index (χ0v) is 20.9. The number of aromatic nitrogens is 4. The Morgan fingerprint density at radius 1 is 1.06 bits per heavy atom. The molecule has 2 N–H and O–H groups in total. The molecule has 11 heteroatoms. The van der Waals surface area contributed by atoms with Crippen LogP contribution in [-0.2, 0) is 10.0 Å². The van der Waals surface area contributed by atoms with E-state index in [0.717, 1.165) is 31.1 Å². The number of carbonyl (C=O) groups is 1. The molecule has 36 heavy (non-hydrogen) atoms. The molecule has 0 atom stereocenters. The summed E-state index contributed by atoms with van der Waals surface area (Å²) in [6.45, 7) is 0. The Bertz CT molecular complexity index is 1490. The van der Waals surface area contributed by atoms with Gasteiger partial charge in [0, 0.05) is 43.6 Å². The highest BCUT2D eigenvalue weighted by Gasteiger charge is 2.26. The van der Waals surface area contributed by atoms with Gasteiger partial charge >= 0.3 is 0 Å². The van der Waals surface area contributed by atoms with E-state index in [1.54, 1.807) is 55.5 Å². The SMILES string of the molecule is CN(C)C(=O)c1cc2cnc(Nc3ccc(S(=O)(=O)Nc4ccccn4)cc3)nc2n1C1CCCC1. The Kier molecular flexibility index (Phi) is 6.31. The third-order valence-corrected chi connectivity index (χ3v) is 7.59. The second-order valence-corrected chi connectivity index (χ2v) is 10.7. The molecule has 0 aliphatic heterocycles. The van der Waals surface area contributed by atoms with Crippen LogP contribution in [0.5, 0.6) is 0 Å². The third-order valence-electron chi connectivity index (χ3n) is 6.22. The first-order valence-electron chi connectivity index (χ1n) is 11.7. The second kappa shape index (κ2) is 9.57. The van der Waals surface area contributed by atoms with Crippen LogP contribution in [0.1, 0.15) is 42.2 Å². The van der Waals surface area contributed by atoms with E-state index in [2.05, 4.69) is 24.6 Å². The van der Waals surface area contributed by atoms with E-state index in [1.807, 2.05) is 6.07 Å². The maximum atomic E-state index is 12.9. The Morgan fingerprint density at radius 2 is 1.81 bits per heavy atom. The highest BCUT2D eigenvalue weighted by atomic mass is 32.2. The number of fused-ring (bicyclic) bond motifs is 1. The van der Waals surface area contributed by atoms with Gasteiger partial charge in [-0.15, -0.1) is 0 Å². The van der Waals surface area contributed by atoms with E-state index in [1.165, 1.54) is 18.3 Å². The molecule has 1 fully saturated rings. The maximum Gasteiger partial charge on any atom is 0.270 e. The Hall–Kier alpha value is -3.99. The number of nitrogens with one attached hydrogen (secondary N) is 2. The van der Waals surface area contributed by atoms with Gasteiger partial charge in [-0.25, -0.2) is 18.4 Å². The monoisotopic (exact) mass is 505 g/mol. The highest BCUT2D eigenvalue weighted by Crippen LogP contribution is 2.35. The van der Waals surface area contributed by atoms with Crippen molar-refractivity contribution in [1.29, 1.82) is 0 Å². The van der Waals surface area contributed by atoms with E-state index in [9.17, 15) is 13.2 Å². The molecular weight excluding hydrogens is 478 g/mol. The van der Waals surface area contributed by atoms with Crippen molar-refractivity contribution in [3.8, 4) is 0 Å². The molecule has 1 aliphatic rings. The maximum absolute atomic E-state index is 12.9. The molecule has 5 rings (SSSR count). The lowest BCUT2D eigenvalue weighted by Crippen LogP contribution is -2.25. The predicted molar refractivity (Wildman–Crippen MR) is 138 cm³/mol. The molecule has 1 aromatic carbocycles. The molecule has 186 valence electrons. The lowest BCUT2D eigenvalue weighted by molar-refractivity contribution is 0.0815. The molecular formula is C25H27N7O3S. The van der Waals surface area contributed by atoms with Crippen molar-refractivity contribution in [2.24, 2.45) is 0 Å². The average molecular weight is 506 g/mol. The first-order chi connectivity index (χ1) is 17.3. The van der Waals surface area contributed by atoms with Gasteiger partial charge in [0.05, 0.1) is 4.90 Å². The first kappa shape index (κ1) is 23.7. The molecule has 4 aromatic rings. The van der Waals surface area contributed by atoms with Crippen LogP contribution in [0.15, 0.2) is 65.8 Å². The van der Waals surface area contributed by atoms with E-state index in [0.29, 0.717) is 23.0 Å². The van der Waals surface area contributed by atoms with Crippen LogP contribution in [0, 0.1) is 0 Å². The van der Waals surface area contributed by atoms with Gasteiger partial charge in [0.25, 0.3) is 15.9 Å². The molecule has 0 unspecified atom stereocenters. The highest BCUT2D eigenvalue weighted by molar-refractivity contribution is 7.92. The van der Waals surface area contributed by atoms with Crippen molar-refractivity contribution < 1.29 is 13.2 Å². The molecule has 0 radical (unpaired) electrons. The lowest BCUT2D eigenvalue weighted by Gasteiger charge is -2.19. The number of hydrogen-bond acceptors (Lipinski definition) is 7. The van der Waals surface area contributed by atoms with Gasteiger partial charge in [0.2, 0.25) is 5.95 Å². The number of pyridine rings is 1. The summed E-state index contributed by atoms with van der Waals surface area (Å²) in [7, 11) is -0.283. The van der Waals surface area contributed by atoms with Gasteiger partial charge in [0.1, 0.15) is 17.2 Å². The van der Waals surface area contributed by atoms with Gasteiger partial charge in [0.15, 0.2) is 0 Å². The Labute approximate surface area is 209 Å². The van der Waals surface area contributed by atoms with E-state index in [4.69, 9.17) is 4.98 Å². The van der Waals surface area contributed by atoms with E-state index >= 15 is 0 Å². The molecule has 0 saturated heterocycles. The number of nitrogens with zero attached hydrogens (tertiary/aromatic N) is 5. The second-order valence-electron chi connectivity index (χ2n) is 8.98. The molecule has 1 amide bonds. The number of amides is 1. The summed E-state index contributed by atoms with van der Waals surface area (Å²) >= 11 is 0. The van der Waals surface area contributed by atoms with Crippen LogP contribution >= 0.6 is 0 Å². The number of sulfonamides is 1. The number of benzene rings is 1. The quantitative estimate of drug-likeness (QED) is 0.386. The third kappa shape index (κ3) is 4.74. The summed E-state index contributed by atoms with van der Waals surface area (Å²) < 4.78 is 29.8. The van der Waals surface area contributed by atoms with Gasteiger partial charge in [-0.05, 0) is 55.3 Å². The number of anilines is 3. The lowest BCUT2D eigenvalue weighted by atomic mass is 10.2. The number of hydrogen-bond donors (Lipinski definition) is 2. The Morgan fingerprint density at radius 3 is 2.47 bits per heavy atom. The summed E-state index contributed by atoms with van der Waals surface area (Å²) in [6, 6.07) is 13.4. The van der Waals surface area contributed by atoms with Crippen molar-refractivity contribution in [1.82, 2.24) is 24.4 Å². The minimum atomic E-state index is -3.77. The molecule has 3 aromatic heterocycles. The fraction of sp³-hybridized carbons (Fsp3) is 0.280. The van der Waals surface area contributed by atoms with Gasteiger partial charge in [-0.2, -0.15) is 4.98 Å². The number of carbonyl (C=O) groups excluding carboxylic acids is 1. The van der Waals surface area contributed by atoms with E-state index in [-0.39, 0.29) is 22.7 Å². The first-order valence-corrected chi connectivity index (χ1v) is 13.2. The summed E-state index contributed by atoms with van der Waals surface area (Å²) in [5.74, 6) is 0.551. The van der Waals surface area contributed by atoms with Crippen molar-refractivity contribution in [2.75, 3.05) is 24.1 Å². The van der Waals surface area contributed by atoms with Crippen LogP contribution in [0.2, 0.25) is 0 Å². The summed E-state index contributed by atoms with van der Waals surface area (Å²) in [5.41, 5.74) is 1.96. The minimum absolute atomic E-state index is 0.0643. The molecule has 0 bridgehead atoms. The van der Waals surface area contributed by atoms with Crippen LogP contribution in [0.4, 0.5) is 17.5 Å². The van der Waals surface area contributed by atoms with Crippen LogP contribution in [0.25, 0.3) is 11.0 Å². The summed E-state index contributed by atoms with van der Waals surface area (Å²) in [6.07, 6.45) is 7.49. The van der Waals surface area contributed by atoms with Gasteiger partial charge < -0.3 is 14.8 Å². The minimum Gasteiger partial charge on any atom is -0.343 e. The fourth-order valence-electron chi connectivity index (χ4n) is 4.46. The molecule has 1 saturated carbocycles. The molecule has 10 nitrogen and oxygen atoms in total. The van der Waals surface area contributed by atoms with Crippen LogP contribution in [-0.4, -0.2) is 52.8 Å². The van der Waals surface area contributed by atoms with Crippen molar-refractivity contribution in [3.63, 3.8) is 0 Å². The molecule has 1 aliphatic carbocycles. The fourth-order valence-corrected chi connectivity index (χ4v) is 5.47. The average Bonchev–Trinajstić information content (AvgIpc) is 3.52. The van der Waals surface area contributed by atoms with Crippen molar-refractivity contribution in [3.05, 3.63) is 66.6 Å². The van der Waals surface area contributed by atoms with E-state index < -0.39 is 10.0 Å².